The van der Waals surface area contributed by atoms with Crippen molar-refractivity contribution < 1.29 is 14.3 Å². The Balaban J connectivity index is 1.86. The van der Waals surface area contributed by atoms with Gasteiger partial charge in [-0.3, -0.25) is 4.79 Å². The van der Waals surface area contributed by atoms with Crippen molar-refractivity contribution in [2.75, 3.05) is 30.9 Å². The normalized spacial score (nSPS) is 10.6. The molecule has 1 aromatic carbocycles. The number of carbonyl (C=O) groups excluding carboxylic acids is 2. The molecule has 0 aliphatic carbocycles. The Labute approximate surface area is 151 Å². The van der Waals surface area contributed by atoms with Crippen LogP contribution in [0.4, 0.5) is 11.4 Å². The maximum absolute atomic E-state index is 12.5. The van der Waals surface area contributed by atoms with Gasteiger partial charge < -0.3 is 15.0 Å². The molecule has 134 valence electrons. The minimum atomic E-state index is -0.440. The fraction of sp³-hybridized carbons (Fsp3) is 0.211. The zero-order chi connectivity index (χ0) is 18.7. The molecule has 0 saturated heterocycles. The van der Waals surface area contributed by atoms with E-state index in [4.69, 9.17) is 4.74 Å². The molecule has 7 nitrogen and oxygen atoms in total. The lowest BCUT2D eigenvalue weighted by atomic mass is 10.1. The van der Waals surface area contributed by atoms with Gasteiger partial charge in [0, 0.05) is 37.2 Å². The van der Waals surface area contributed by atoms with Crippen molar-refractivity contribution in [3.63, 3.8) is 0 Å². The van der Waals surface area contributed by atoms with Gasteiger partial charge in [-0.2, -0.15) is 5.10 Å². The summed E-state index contributed by atoms with van der Waals surface area (Å²) in [7, 11) is 3.84. The first-order chi connectivity index (χ1) is 12.5. The molecular formula is C19H20N4O3. The third-order valence-corrected chi connectivity index (χ3v) is 3.90. The van der Waals surface area contributed by atoms with Crippen LogP contribution in [0.3, 0.4) is 0 Å². The first-order valence-electron chi connectivity index (χ1n) is 8.23. The molecule has 2 aromatic heterocycles. The van der Waals surface area contributed by atoms with E-state index in [-0.39, 0.29) is 12.5 Å². The highest BCUT2D eigenvalue weighted by Gasteiger charge is 2.15. The van der Waals surface area contributed by atoms with Gasteiger partial charge in [-0.15, -0.1) is 0 Å². The van der Waals surface area contributed by atoms with Gasteiger partial charge in [0.1, 0.15) is 5.56 Å². The van der Waals surface area contributed by atoms with E-state index in [1.54, 1.807) is 35.8 Å². The molecule has 26 heavy (non-hydrogen) atoms. The molecule has 0 unspecified atom stereocenters. The Hall–Kier alpha value is -3.35. The largest absolute Gasteiger partial charge is 0.462 e. The molecule has 0 aliphatic rings. The van der Waals surface area contributed by atoms with Crippen LogP contribution >= 0.6 is 0 Å². The number of esters is 1. The van der Waals surface area contributed by atoms with Crippen molar-refractivity contribution in [3.05, 3.63) is 59.9 Å². The maximum Gasteiger partial charge on any atom is 0.341 e. The summed E-state index contributed by atoms with van der Waals surface area (Å²) in [4.78, 5) is 26.5. The molecule has 0 saturated carbocycles. The number of pyridine rings is 1. The SMILES string of the molecule is CCOC(=O)c1cnn2ccc(NC(=O)c3cccc(N(C)C)c3)cc12. The summed E-state index contributed by atoms with van der Waals surface area (Å²) in [5.41, 5.74) is 2.99. The van der Waals surface area contributed by atoms with E-state index in [1.807, 2.05) is 37.2 Å². The third kappa shape index (κ3) is 3.51. The molecule has 0 aliphatic heterocycles. The van der Waals surface area contributed by atoms with Gasteiger partial charge in [0.15, 0.2) is 0 Å². The van der Waals surface area contributed by atoms with Crippen LogP contribution in [0.15, 0.2) is 48.8 Å². The molecule has 0 spiro atoms. The first kappa shape index (κ1) is 17.5. The number of hydrogen-bond donors (Lipinski definition) is 1. The Morgan fingerprint density at radius 2 is 2.04 bits per heavy atom. The highest BCUT2D eigenvalue weighted by atomic mass is 16.5. The predicted octanol–water partition coefficient (Wildman–Crippen LogP) is 2.83. The van der Waals surface area contributed by atoms with Crippen molar-refractivity contribution in [3.8, 4) is 0 Å². The second-order valence-electron chi connectivity index (χ2n) is 5.92. The number of rotatable bonds is 5. The average Bonchev–Trinajstić information content (AvgIpc) is 3.05. The molecule has 7 heteroatoms. The van der Waals surface area contributed by atoms with Crippen LogP contribution in [-0.4, -0.2) is 42.2 Å². The van der Waals surface area contributed by atoms with E-state index in [2.05, 4.69) is 10.4 Å². The number of amides is 1. The van der Waals surface area contributed by atoms with E-state index >= 15 is 0 Å². The van der Waals surface area contributed by atoms with Gasteiger partial charge in [0.05, 0.1) is 18.3 Å². The van der Waals surface area contributed by atoms with Gasteiger partial charge in [-0.1, -0.05) is 6.07 Å². The van der Waals surface area contributed by atoms with Crippen molar-refractivity contribution in [1.82, 2.24) is 9.61 Å². The lowest BCUT2D eigenvalue weighted by molar-refractivity contribution is 0.0528. The van der Waals surface area contributed by atoms with Gasteiger partial charge in [-0.05, 0) is 37.3 Å². The summed E-state index contributed by atoms with van der Waals surface area (Å²) in [5.74, 6) is -0.667. The van der Waals surface area contributed by atoms with Crippen molar-refractivity contribution in [1.29, 1.82) is 0 Å². The predicted molar refractivity (Wildman–Crippen MR) is 99.9 cm³/mol. The fourth-order valence-corrected chi connectivity index (χ4v) is 2.55. The Kier molecular flexibility index (Phi) is 4.88. The van der Waals surface area contributed by atoms with E-state index in [0.29, 0.717) is 22.3 Å². The van der Waals surface area contributed by atoms with Crippen LogP contribution in [0.2, 0.25) is 0 Å². The highest BCUT2D eigenvalue weighted by Crippen LogP contribution is 2.19. The molecule has 1 N–H and O–H groups in total. The highest BCUT2D eigenvalue weighted by molar-refractivity contribution is 6.05. The van der Waals surface area contributed by atoms with Crippen LogP contribution in [0.1, 0.15) is 27.6 Å². The molecule has 3 rings (SSSR count). The Morgan fingerprint density at radius 3 is 2.77 bits per heavy atom. The number of hydrogen-bond acceptors (Lipinski definition) is 5. The zero-order valence-electron chi connectivity index (χ0n) is 14.9. The molecule has 0 fully saturated rings. The average molecular weight is 352 g/mol. The number of benzene rings is 1. The summed E-state index contributed by atoms with van der Waals surface area (Å²) in [6.45, 7) is 2.03. The second-order valence-corrected chi connectivity index (χ2v) is 5.92. The lowest BCUT2D eigenvalue weighted by Gasteiger charge is -2.13. The number of carbonyl (C=O) groups is 2. The zero-order valence-corrected chi connectivity index (χ0v) is 14.9. The number of fused-ring (bicyclic) bond motifs is 1. The van der Waals surface area contributed by atoms with E-state index in [9.17, 15) is 9.59 Å². The monoisotopic (exact) mass is 352 g/mol. The summed E-state index contributed by atoms with van der Waals surface area (Å²) in [6.07, 6.45) is 3.14. The number of nitrogens with zero attached hydrogens (tertiary/aromatic N) is 3. The van der Waals surface area contributed by atoms with E-state index in [1.165, 1.54) is 6.20 Å². The quantitative estimate of drug-likeness (QED) is 0.715. The van der Waals surface area contributed by atoms with Crippen LogP contribution in [-0.2, 0) is 4.74 Å². The Bertz CT molecular complexity index is 962. The Morgan fingerprint density at radius 1 is 1.23 bits per heavy atom. The van der Waals surface area contributed by atoms with Crippen LogP contribution in [0.5, 0.6) is 0 Å². The van der Waals surface area contributed by atoms with Crippen LogP contribution < -0.4 is 10.2 Å². The van der Waals surface area contributed by atoms with Crippen LogP contribution in [0, 0.1) is 0 Å². The number of anilines is 2. The van der Waals surface area contributed by atoms with Crippen molar-refractivity contribution >= 4 is 28.8 Å². The fourth-order valence-electron chi connectivity index (χ4n) is 2.55. The van der Waals surface area contributed by atoms with Gasteiger partial charge in [0.2, 0.25) is 0 Å². The van der Waals surface area contributed by atoms with Gasteiger partial charge in [0.25, 0.3) is 5.91 Å². The standard InChI is InChI=1S/C19H20N4O3/c1-4-26-19(25)16-12-20-23-9-8-14(11-17(16)23)21-18(24)13-6-5-7-15(10-13)22(2)3/h5-12H,4H2,1-3H3,(H,21,24). The molecule has 3 aromatic rings. The summed E-state index contributed by atoms with van der Waals surface area (Å²) in [6, 6.07) is 10.8. The van der Waals surface area contributed by atoms with E-state index < -0.39 is 5.97 Å². The molecular weight excluding hydrogens is 332 g/mol. The molecule has 0 atom stereocenters. The van der Waals surface area contributed by atoms with Crippen LogP contribution in [0.25, 0.3) is 5.52 Å². The van der Waals surface area contributed by atoms with Crippen molar-refractivity contribution in [2.24, 2.45) is 0 Å². The summed E-state index contributed by atoms with van der Waals surface area (Å²) < 4.78 is 6.60. The smallest absolute Gasteiger partial charge is 0.341 e. The second kappa shape index (κ2) is 7.26. The third-order valence-electron chi connectivity index (χ3n) is 3.90. The maximum atomic E-state index is 12.5. The molecule has 0 bridgehead atoms. The van der Waals surface area contributed by atoms with Gasteiger partial charge in [-0.25, -0.2) is 9.31 Å². The minimum absolute atomic E-state index is 0.227. The van der Waals surface area contributed by atoms with Gasteiger partial charge >= 0.3 is 5.97 Å². The number of ether oxygens (including phenoxy) is 1. The summed E-state index contributed by atoms with van der Waals surface area (Å²) >= 11 is 0. The lowest BCUT2D eigenvalue weighted by Crippen LogP contribution is -2.14. The minimum Gasteiger partial charge on any atom is -0.462 e. The van der Waals surface area contributed by atoms with Crippen molar-refractivity contribution in [2.45, 2.75) is 6.92 Å². The summed E-state index contributed by atoms with van der Waals surface area (Å²) in [5, 5.41) is 6.98. The molecule has 1 amide bonds. The van der Waals surface area contributed by atoms with E-state index in [0.717, 1.165) is 5.69 Å². The number of aromatic nitrogens is 2. The molecule has 0 radical (unpaired) electrons. The molecule has 2 heterocycles. The first-order valence-corrected chi connectivity index (χ1v) is 8.23. The number of nitrogens with one attached hydrogen (secondary N) is 1. The topological polar surface area (TPSA) is 75.9 Å².